The van der Waals surface area contributed by atoms with Crippen LogP contribution in [-0.4, -0.2) is 9.85 Å². The second-order valence-electron chi connectivity index (χ2n) is 2.40. The highest BCUT2D eigenvalue weighted by molar-refractivity contribution is 5.58. The lowest BCUT2D eigenvalue weighted by Gasteiger charge is -1.99. The predicted octanol–water partition coefficient (Wildman–Crippen LogP) is 0.789. The molecule has 3 N–H and O–H groups in total. The van der Waals surface area contributed by atoms with Gasteiger partial charge in [-0.15, -0.1) is 0 Å². The molecule has 0 aliphatic rings. The Labute approximate surface area is 77.6 Å². The van der Waals surface area contributed by atoms with Crippen molar-refractivity contribution in [3.05, 3.63) is 38.4 Å². The third kappa shape index (κ3) is 1.93. The zero-order valence-corrected chi connectivity index (χ0v) is 6.84. The van der Waals surface area contributed by atoms with Gasteiger partial charge in [0, 0.05) is 12.1 Å². The summed E-state index contributed by atoms with van der Waals surface area (Å²) in [4.78, 5) is 19.3. The molecule has 0 aliphatic heterocycles. The van der Waals surface area contributed by atoms with Crippen molar-refractivity contribution < 1.29 is 9.85 Å². The molecule has 0 saturated carbocycles. The first-order chi connectivity index (χ1) is 6.54. The Bertz CT molecular complexity index is 359. The van der Waals surface area contributed by atoms with Crippen molar-refractivity contribution in [2.75, 3.05) is 5.43 Å². The Kier molecular flexibility index (Phi) is 2.58. The van der Waals surface area contributed by atoms with Gasteiger partial charge in [0.05, 0.1) is 21.6 Å². The maximum atomic E-state index is 10.4. The van der Waals surface area contributed by atoms with Gasteiger partial charge < -0.3 is 5.43 Å². The van der Waals surface area contributed by atoms with E-state index in [0.29, 0.717) is 0 Å². The Hall–Kier alpha value is -2.22. The summed E-state index contributed by atoms with van der Waals surface area (Å²) in [5.41, 5.74) is 1.46. The number of hydrogen-bond acceptors (Lipinski definition) is 6. The minimum absolute atomic E-state index is 0.117. The highest BCUT2D eigenvalue weighted by atomic mass is 16.6. The molecule has 0 bridgehead atoms. The lowest BCUT2D eigenvalue weighted by Crippen LogP contribution is -2.07. The minimum Gasteiger partial charge on any atom is -0.324 e. The molecule has 14 heavy (non-hydrogen) atoms. The van der Waals surface area contributed by atoms with Gasteiger partial charge in [-0.2, -0.15) is 0 Å². The molecule has 0 atom stereocenters. The highest BCUT2D eigenvalue weighted by Crippen LogP contribution is 2.24. The summed E-state index contributed by atoms with van der Waals surface area (Å²) in [6.45, 7) is 0. The van der Waals surface area contributed by atoms with Crippen LogP contribution in [0.3, 0.4) is 0 Å². The van der Waals surface area contributed by atoms with Crippen molar-refractivity contribution in [1.82, 2.24) is 0 Å². The fourth-order valence-corrected chi connectivity index (χ4v) is 0.889. The van der Waals surface area contributed by atoms with Gasteiger partial charge in [0.2, 0.25) is 0 Å². The molecule has 1 rings (SSSR count). The van der Waals surface area contributed by atoms with Gasteiger partial charge in [-0.25, -0.2) is 0 Å². The molecular formula is C6H6N4O4. The second-order valence-corrected chi connectivity index (χ2v) is 2.40. The van der Waals surface area contributed by atoms with Gasteiger partial charge in [-0.05, 0) is 0 Å². The third-order valence-corrected chi connectivity index (χ3v) is 1.49. The number of nitrogens with two attached hydrogens (primary N) is 1. The fraction of sp³-hybridized carbons (Fsp3) is 0. The van der Waals surface area contributed by atoms with E-state index < -0.39 is 9.85 Å². The Morgan fingerprint density at radius 2 is 1.50 bits per heavy atom. The van der Waals surface area contributed by atoms with E-state index in [9.17, 15) is 20.2 Å². The zero-order valence-electron chi connectivity index (χ0n) is 6.84. The van der Waals surface area contributed by atoms with Gasteiger partial charge in [0.1, 0.15) is 0 Å². The number of benzene rings is 1. The summed E-state index contributed by atoms with van der Waals surface area (Å²) >= 11 is 0. The molecule has 0 radical (unpaired) electrons. The van der Waals surface area contributed by atoms with E-state index in [2.05, 4.69) is 5.43 Å². The van der Waals surface area contributed by atoms with Crippen LogP contribution in [0, 0.1) is 20.2 Å². The number of nitrogen functional groups attached to an aromatic ring is 1. The average molecular weight is 198 g/mol. The van der Waals surface area contributed by atoms with Crippen LogP contribution in [0.15, 0.2) is 18.2 Å². The normalized spacial score (nSPS) is 9.50. The van der Waals surface area contributed by atoms with Crippen LogP contribution in [0.2, 0.25) is 0 Å². The summed E-state index contributed by atoms with van der Waals surface area (Å²) in [5.74, 6) is 4.99. The quantitative estimate of drug-likeness (QED) is 0.420. The number of anilines is 1. The van der Waals surface area contributed by atoms with Crippen LogP contribution in [-0.2, 0) is 0 Å². The molecule has 0 aromatic heterocycles. The van der Waals surface area contributed by atoms with Crippen molar-refractivity contribution >= 4 is 17.1 Å². The second kappa shape index (κ2) is 3.66. The molecule has 1 aromatic carbocycles. The largest absolute Gasteiger partial charge is 0.324 e. The van der Waals surface area contributed by atoms with Crippen LogP contribution < -0.4 is 11.3 Å². The van der Waals surface area contributed by atoms with Crippen LogP contribution in [0.25, 0.3) is 0 Å². The van der Waals surface area contributed by atoms with Crippen molar-refractivity contribution in [3.8, 4) is 0 Å². The molecular weight excluding hydrogens is 192 g/mol. The summed E-state index contributed by atoms with van der Waals surface area (Å²) in [5, 5.41) is 20.7. The van der Waals surface area contributed by atoms with E-state index >= 15 is 0 Å². The number of nitrogens with zero attached hydrogens (tertiary/aromatic N) is 2. The van der Waals surface area contributed by atoms with Gasteiger partial charge in [0.15, 0.2) is 0 Å². The third-order valence-electron chi connectivity index (χ3n) is 1.49. The first-order valence-corrected chi connectivity index (χ1v) is 3.45. The van der Waals surface area contributed by atoms with E-state index in [-0.39, 0.29) is 17.1 Å². The maximum absolute atomic E-state index is 10.4. The number of nitro groups is 2. The van der Waals surface area contributed by atoms with Crippen molar-refractivity contribution in [2.24, 2.45) is 5.84 Å². The maximum Gasteiger partial charge on any atom is 0.278 e. The van der Waals surface area contributed by atoms with E-state index in [0.717, 1.165) is 18.2 Å². The van der Waals surface area contributed by atoms with E-state index in [1.54, 1.807) is 0 Å². The molecule has 8 heteroatoms. The Morgan fingerprint density at radius 3 is 1.79 bits per heavy atom. The van der Waals surface area contributed by atoms with E-state index in [1.807, 2.05) is 0 Å². The smallest absolute Gasteiger partial charge is 0.278 e. The molecule has 1 aromatic rings. The van der Waals surface area contributed by atoms with Gasteiger partial charge >= 0.3 is 0 Å². The van der Waals surface area contributed by atoms with Crippen LogP contribution in [0.4, 0.5) is 17.1 Å². The number of non-ortho nitro benzene ring substituents is 2. The molecule has 0 unspecified atom stereocenters. The van der Waals surface area contributed by atoms with Crippen molar-refractivity contribution in [3.63, 3.8) is 0 Å². The van der Waals surface area contributed by atoms with Gasteiger partial charge in [-0.3, -0.25) is 26.1 Å². The number of nitro benzene ring substituents is 2. The SMILES string of the molecule is NNc1cc([N+](=O)[O-])cc([N+](=O)[O-])c1. The lowest BCUT2D eigenvalue weighted by molar-refractivity contribution is -0.394. The average Bonchev–Trinajstić information content (AvgIpc) is 2.16. The molecule has 74 valence electrons. The molecule has 0 aliphatic carbocycles. The van der Waals surface area contributed by atoms with E-state index in [1.165, 1.54) is 0 Å². The Morgan fingerprint density at radius 1 is 1.07 bits per heavy atom. The van der Waals surface area contributed by atoms with Gasteiger partial charge in [0.25, 0.3) is 11.4 Å². The number of nitrogens with one attached hydrogen (secondary N) is 1. The summed E-state index contributed by atoms with van der Waals surface area (Å²) in [7, 11) is 0. The number of rotatable bonds is 3. The summed E-state index contributed by atoms with van der Waals surface area (Å²) in [6, 6.07) is 3.07. The molecule has 8 nitrogen and oxygen atoms in total. The topological polar surface area (TPSA) is 124 Å². The molecule has 0 amide bonds. The first kappa shape index (κ1) is 9.86. The fourth-order valence-electron chi connectivity index (χ4n) is 0.889. The lowest BCUT2D eigenvalue weighted by atomic mass is 10.2. The molecule has 0 saturated heterocycles. The summed E-state index contributed by atoms with van der Waals surface area (Å²) < 4.78 is 0. The molecule has 0 fully saturated rings. The molecule has 0 heterocycles. The van der Waals surface area contributed by atoms with Crippen LogP contribution in [0.1, 0.15) is 0 Å². The van der Waals surface area contributed by atoms with Crippen LogP contribution in [0.5, 0.6) is 0 Å². The molecule has 0 spiro atoms. The zero-order chi connectivity index (χ0) is 10.7. The van der Waals surface area contributed by atoms with Crippen LogP contribution >= 0.6 is 0 Å². The summed E-state index contributed by atoms with van der Waals surface area (Å²) in [6.07, 6.45) is 0. The number of hydrogen-bond donors (Lipinski definition) is 2. The van der Waals surface area contributed by atoms with Crippen molar-refractivity contribution in [1.29, 1.82) is 0 Å². The standard InChI is InChI=1S/C6H6N4O4/c7-8-4-1-5(9(11)12)3-6(2-4)10(13)14/h1-3,8H,7H2. The predicted molar refractivity (Wildman–Crippen MR) is 47.6 cm³/mol. The Balaban J connectivity index is 3.27. The number of hydrazine groups is 1. The monoisotopic (exact) mass is 198 g/mol. The first-order valence-electron chi connectivity index (χ1n) is 3.45. The van der Waals surface area contributed by atoms with Crippen molar-refractivity contribution in [2.45, 2.75) is 0 Å². The minimum atomic E-state index is -0.728. The van der Waals surface area contributed by atoms with Gasteiger partial charge in [-0.1, -0.05) is 0 Å². The highest BCUT2D eigenvalue weighted by Gasteiger charge is 2.15. The van der Waals surface area contributed by atoms with E-state index in [4.69, 9.17) is 5.84 Å².